The number of hydrogen-bond donors (Lipinski definition) is 1. The number of halogens is 2. The van der Waals surface area contributed by atoms with Crippen LogP contribution < -0.4 is 5.32 Å². The summed E-state index contributed by atoms with van der Waals surface area (Å²) >= 11 is 6.07. The fourth-order valence-electron chi connectivity index (χ4n) is 1.86. The Morgan fingerprint density at radius 2 is 2.26 bits per heavy atom. The summed E-state index contributed by atoms with van der Waals surface area (Å²) in [6, 6.07) is 2.66. The number of carbonyl (C=O) groups excluding carboxylic acids is 1. The van der Waals surface area contributed by atoms with Crippen LogP contribution in [-0.2, 0) is 4.74 Å². The molecule has 2 rings (SSSR count). The molecule has 0 bridgehead atoms. The van der Waals surface area contributed by atoms with E-state index in [1.54, 1.807) is 14.0 Å². The second-order valence-corrected chi connectivity index (χ2v) is 4.18. The molecule has 2 aromatic rings. The lowest BCUT2D eigenvalue weighted by Crippen LogP contribution is -2.09. The molecular weight excluding hydrogens is 271 g/mol. The van der Waals surface area contributed by atoms with Gasteiger partial charge in [0.1, 0.15) is 16.9 Å². The highest BCUT2D eigenvalue weighted by Crippen LogP contribution is 2.33. The molecule has 6 heteroatoms. The van der Waals surface area contributed by atoms with Gasteiger partial charge in [0.05, 0.1) is 17.3 Å². The SMILES string of the molecule is CCOC(=O)c1cnc2c(F)ccc(Cl)c2c1NC. The summed E-state index contributed by atoms with van der Waals surface area (Å²) in [6.07, 6.45) is 1.28. The first-order valence-electron chi connectivity index (χ1n) is 5.71. The summed E-state index contributed by atoms with van der Waals surface area (Å²) in [4.78, 5) is 15.8. The predicted octanol–water partition coefficient (Wildman–Crippen LogP) is 3.25. The Labute approximate surface area is 114 Å². The van der Waals surface area contributed by atoms with Gasteiger partial charge in [-0.1, -0.05) is 11.6 Å². The van der Waals surface area contributed by atoms with Crippen LogP contribution in [0.15, 0.2) is 18.3 Å². The topological polar surface area (TPSA) is 51.2 Å². The minimum atomic E-state index is -0.526. The van der Waals surface area contributed by atoms with Crippen molar-refractivity contribution in [3.8, 4) is 0 Å². The van der Waals surface area contributed by atoms with Gasteiger partial charge in [-0.15, -0.1) is 0 Å². The number of benzene rings is 1. The lowest BCUT2D eigenvalue weighted by molar-refractivity contribution is 0.0527. The number of anilines is 1. The summed E-state index contributed by atoms with van der Waals surface area (Å²) in [7, 11) is 1.62. The molecule has 0 saturated carbocycles. The average molecular weight is 283 g/mol. The lowest BCUT2D eigenvalue weighted by Gasteiger charge is -2.12. The molecule has 0 unspecified atom stereocenters. The molecule has 0 radical (unpaired) electrons. The van der Waals surface area contributed by atoms with Gasteiger partial charge in [-0.05, 0) is 19.1 Å². The van der Waals surface area contributed by atoms with E-state index in [0.29, 0.717) is 16.1 Å². The molecule has 0 amide bonds. The van der Waals surface area contributed by atoms with E-state index in [4.69, 9.17) is 16.3 Å². The molecule has 0 saturated heterocycles. The van der Waals surface area contributed by atoms with E-state index >= 15 is 0 Å². The normalized spacial score (nSPS) is 10.5. The van der Waals surface area contributed by atoms with Crippen molar-refractivity contribution < 1.29 is 13.9 Å². The Balaban J connectivity index is 2.76. The van der Waals surface area contributed by atoms with Crippen molar-refractivity contribution in [1.29, 1.82) is 0 Å². The summed E-state index contributed by atoms with van der Waals surface area (Å²) < 4.78 is 18.6. The van der Waals surface area contributed by atoms with Crippen LogP contribution in [0.4, 0.5) is 10.1 Å². The van der Waals surface area contributed by atoms with E-state index in [0.717, 1.165) is 0 Å². The van der Waals surface area contributed by atoms with Gasteiger partial charge in [0, 0.05) is 18.6 Å². The first kappa shape index (κ1) is 13.5. The third-order valence-electron chi connectivity index (χ3n) is 2.67. The summed E-state index contributed by atoms with van der Waals surface area (Å²) in [6.45, 7) is 1.95. The number of aromatic nitrogens is 1. The van der Waals surface area contributed by atoms with Crippen LogP contribution in [0, 0.1) is 5.82 Å². The number of nitrogens with zero attached hydrogens (tertiary/aromatic N) is 1. The van der Waals surface area contributed by atoms with Gasteiger partial charge in [0.15, 0.2) is 0 Å². The number of rotatable bonds is 3. The highest BCUT2D eigenvalue weighted by atomic mass is 35.5. The smallest absolute Gasteiger partial charge is 0.341 e. The summed E-state index contributed by atoms with van der Waals surface area (Å²) in [5.41, 5.74) is 0.752. The van der Waals surface area contributed by atoms with Crippen molar-refractivity contribution in [3.63, 3.8) is 0 Å². The first-order chi connectivity index (χ1) is 9.10. The number of fused-ring (bicyclic) bond motifs is 1. The van der Waals surface area contributed by atoms with Crippen LogP contribution in [0.1, 0.15) is 17.3 Å². The van der Waals surface area contributed by atoms with Gasteiger partial charge >= 0.3 is 5.97 Å². The van der Waals surface area contributed by atoms with E-state index in [1.165, 1.54) is 18.3 Å². The van der Waals surface area contributed by atoms with Crippen LogP contribution >= 0.6 is 11.6 Å². The molecule has 0 aliphatic rings. The molecule has 1 aromatic carbocycles. The van der Waals surface area contributed by atoms with Crippen LogP contribution in [0.2, 0.25) is 5.02 Å². The third kappa shape index (κ3) is 2.33. The molecule has 100 valence electrons. The van der Waals surface area contributed by atoms with E-state index in [-0.39, 0.29) is 17.7 Å². The van der Waals surface area contributed by atoms with Gasteiger partial charge < -0.3 is 10.1 Å². The number of ether oxygens (including phenoxy) is 1. The van der Waals surface area contributed by atoms with Gasteiger partial charge in [0.25, 0.3) is 0 Å². The second kappa shape index (κ2) is 5.40. The van der Waals surface area contributed by atoms with Crippen LogP contribution in [-0.4, -0.2) is 24.6 Å². The first-order valence-corrected chi connectivity index (χ1v) is 6.09. The number of pyridine rings is 1. The fraction of sp³-hybridized carbons (Fsp3) is 0.231. The van der Waals surface area contributed by atoms with Crippen molar-refractivity contribution in [3.05, 3.63) is 34.7 Å². The molecule has 0 aliphatic carbocycles. The zero-order chi connectivity index (χ0) is 14.0. The largest absolute Gasteiger partial charge is 0.462 e. The molecule has 1 N–H and O–H groups in total. The number of esters is 1. The number of nitrogens with one attached hydrogen (secondary N) is 1. The zero-order valence-electron chi connectivity index (χ0n) is 10.5. The van der Waals surface area contributed by atoms with Crippen LogP contribution in [0.25, 0.3) is 10.9 Å². The lowest BCUT2D eigenvalue weighted by atomic mass is 10.1. The van der Waals surface area contributed by atoms with Gasteiger partial charge in [-0.25, -0.2) is 9.18 Å². The Kier molecular flexibility index (Phi) is 3.85. The van der Waals surface area contributed by atoms with E-state index in [2.05, 4.69) is 10.3 Å². The second-order valence-electron chi connectivity index (χ2n) is 3.77. The Morgan fingerprint density at radius 1 is 1.53 bits per heavy atom. The highest BCUT2D eigenvalue weighted by molar-refractivity contribution is 6.36. The van der Waals surface area contributed by atoms with Crippen molar-refractivity contribution in [1.82, 2.24) is 4.98 Å². The molecule has 0 fully saturated rings. The van der Waals surface area contributed by atoms with Crippen molar-refractivity contribution in [2.75, 3.05) is 19.0 Å². The highest BCUT2D eigenvalue weighted by Gasteiger charge is 2.19. The third-order valence-corrected chi connectivity index (χ3v) is 2.98. The maximum atomic E-state index is 13.7. The molecule has 0 aliphatic heterocycles. The maximum Gasteiger partial charge on any atom is 0.341 e. The molecule has 1 heterocycles. The van der Waals surface area contributed by atoms with E-state index < -0.39 is 11.8 Å². The van der Waals surface area contributed by atoms with Gasteiger partial charge in [-0.2, -0.15) is 0 Å². The zero-order valence-corrected chi connectivity index (χ0v) is 11.2. The Morgan fingerprint density at radius 3 is 2.89 bits per heavy atom. The summed E-state index contributed by atoms with van der Waals surface area (Å²) in [5, 5.41) is 3.54. The Bertz CT molecular complexity index is 646. The summed E-state index contributed by atoms with van der Waals surface area (Å²) in [5.74, 6) is -1.02. The molecule has 4 nitrogen and oxygen atoms in total. The standard InChI is InChI=1S/C13H12ClFN2O2/c1-3-19-13(18)7-6-17-12-9(15)5-4-8(14)10(12)11(7)16-2/h4-6H,3H2,1-2H3,(H,16,17). The number of hydrogen-bond acceptors (Lipinski definition) is 4. The maximum absolute atomic E-state index is 13.7. The monoisotopic (exact) mass is 282 g/mol. The Hall–Kier alpha value is -1.88. The van der Waals surface area contributed by atoms with Crippen LogP contribution in [0.5, 0.6) is 0 Å². The molecular formula is C13H12ClFN2O2. The molecule has 1 aromatic heterocycles. The number of carbonyl (C=O) groups is 1. The minimum absolute atomic E-state index is 0.116. The minimum Gasteiger partial charge on any atom is -0.462 e. The average Bonchev–Trinajstić information content (AvgIpc) is 2.41. The molecule has 19 heavy (non-hydrogen) atoms. The molecule has 0 atom stereocenters. The predicted molar refractivity (Wildman–Crippen MR) is 72.2 cm³/mol. The quantitative estimate of drug-likeness (QED) is 0.878. The van der Waals surface area contributed by atoms with Gasteiger partial charge in [0.2, 0.25) is 0 Å². The van der Waals surface area contributed by atoms with Crippen molar-refractivity contribution >= 4 is 34.2 Å². The van der Waals surface area contributed by atoms with E-state index in [1.807, 2.05) is 0 Å². The van der Waals surface area contributed by atoms with Crippen molar-refractivity contribution in [2.24, 2.45) is 0 Å². The van der Waals surface area contributed by atoms with E-state index in [9.17, 15) is 9.18 Å². The van der Waals surface area contributed by atoms with Gasteiger partial charge in [-0.3, -0.25) is 4.98 Å². The van der Waals surface area contributed by atoms with Crippen LogP contribution in [0.3, 0.4) is 0 Å². The molecule has 0 spiro atoms. The fourth-order valence-corrected chi connectivity index (χ4v) is 2.10. The van der Waals surface area contributed by atoms with Crippen molar-refractivity contribution in [2.45, 2.75) is 6.92 Å².